The van der Waals surface area contributed by atoms with Crippen LogP contribution in [0, 0.1) is 5.92 Å². The van der Waals surface area contributed by atoms with Gasteiger partial charge in [-0.25, -0.2) is 0 Å². The third-order valence-electron chi connectivity index (χ3n) is 4.73. The van der Waals surface area contributed by atoms with E-state index in [2.05, 4.69) is 64.2 Å². The quantitative estimate of drug-likeness (QED) is 0.840. The zero-order chi connectivity index (χ0) is 17.6. The number of hydrogen-bond donors (Lipinski definition) is 2. The topological polar surface area (TPSA) is 54.9 Å². The van der Waals surface area contributed by atoms with E-state index in [-0.39, 0.29) is 0 Å². The largest absolute Gasteiger partial charge is 0.493 e. The molecule has 1 atom stereocenters. The van der Waals surface area contributed by atoms with Crippen molar-refractivity contribution in [3.8, 4) is 5.75 Å². The van der Waals surface area contributed by atoms with Gasteiger partial charge in [0.25, 0.3) is 0 Å². The Hall–Kier alpha value is -2.53. The molecule has 2 aromatic rings. The molecule has 0 spiro atoms. The number of anilines is 1. The number of nitrogens with zero attached hydrogens (tertiary/aromatic N) is 1. The fraction of sp³-hybridized carbons (Fsp3) is 0.381. The molecular formula is C21H25N3O2. The smallest absolute Gasteiger partial charge is 0.195 e. The number of rotatable bonds is 6. The first-order valence-electron chi connectivity index (χ1n) is 9.29. The lowest BCUT2D eigenvalue weighted by atomic mass is 10.0. The molecule has 0 radical (unpaired) electrons. The molecule has 4 rings (SSSR count). The number of guanidine groups is 1. The SMILES string of the molecule is c1cc(NC2=NCCN2)ccc1Cc1ccc(OCC2CCOC2)cc1. The van der Waals surface area contributed by atoms with Gasteiger partial charge in [-0.05, 0) is 48.2 Å². The highest BCUT2D eigenvalue weighted by atomic mass is 16.5. The summed E-state index contributed by atoms with van der Waals surface area (Å²) < 4.78 is 11.3. The summed E-state index contributed by atoms with van der Waals surface area (Å²) in [6, 6.07) is 16.9. The summed E-state index contributed by atoms with van der Waals surface area (Å²) in [7, 11) is 0. The van der Waals surface area contributed by atoms with Crippen LogP contribution in [0.25, 0.3) is 0 Å². The van der Waals surface area contributed by atoms with Gasteiger partial charge >= 0.3 is 0 Å². The van der Waals surface area contributed by atoms with E-state index in [1.165, 1.54) is 11.1 Å². The Morgan fingerprint density at radius 3 is 2.50 bits per heavy atom. The molecule has 136 valence electrons. The normalized spacial score (nSPS) is 19.1. The van der Waals surface area contributed by atoms with Crippen LogP contribution in [-0.4, -0.2) is 38.9 Å². The van der Waals surface area contributed by atoms with Crippen molar-refractivity contribution in [3.05, 3.63) is 59.7 Å². The van der Waals surface area contributed by atoms with Gasteiger partial charge in [-0.15, -0.1) is 0 Å². The van der Waals surface area contributed by atoms with Crippen LogP contribution in [-0.2, 0) is 11.2 Å². The van der Waals surface area contributed by atoms with Crippen LogP contribution >= 0.6 is 0 Å². The lowest BCUT2D eigenvalue weighted by Crippen LogP contribution is -2.26. The summed E-state index contributed by atoms with van der Waals surface area (Å²) in [6.07, 6.45) is 2.02. The minimum Gasteiger partial charge on any atom is -0.493 e. The number of hydrogen-bond acceptors (Lipinski definition) is 5. The van der Waals surface area contributed by atoms with E-state index >= 15 is 0 Å². The Labute approximate surface area is 154 Å². The third kappa shape index (κ3) is 4.55. The van der Waals surface area contributed by atoms with Crippen molar-refractivity contribution in [2.75, 3.05) is 38.2 Å². The first-order chi connectivity index (χ1) is 12.8. The van der Waals surface area contributed by atoms with Crippen LogP contribution in [0.4, 0.5) is 5.69 Å². The van der Waals surface area contributed by atoms with Crippen LogP contribution in [0.15, 0.2) is 53.5 Å². The fourth-order valence-electron chi connectivity index (χ4n) is 3.19. The molecule has 5 heteroatoms. The van der Waals surface area contributed by atoms with Crippen molar-refractivity contribution in [1.82, 2.24) is 5.32 Å². The minimum atomic E-state index is 0.534. The maximum absolute atomic E-state index is 5.87. The first kappa shape index (κ1) is 16.9. The summed E-state index contributed by atoms with van der Waals surface area (Å²) in [5.41, 5.74) is 3.62. The van der Waals surface area contributed by atoms with Gasteiger partial charge in [0.2, 0.25) is 0 Å². The predicted molar refractivity (Wildman–Crippen MR) is 104 cm³/mol. The Balaban J connectivity index is 1.29. The molecule has 26 heavy (non-hydrogen) atoms. The van der Waals surface area contributed by atoms with Crippen molar-refractivity contribution < 1.29 is 9.47 Å². The van der Waals surface area contributed by atoms with Gasteiger partial charge in [-0.3, -0.25) is 4.99 Å². The Bertz CT molecular complexity index is 735. The summed E-state index contributed by atoms with van der Waals surface area (Å²) in [5.74, 6) is 2.33. The molecule has 5 nitrogen and oxygen atoms in total. The lowest BCUT2D eigenvalue weighted by Gasteiger charge is -2.11. The van der Waals surface area contributed by atoms with Gasteiger partial charge in [-0.2, -0.15) is 0 Å². The number of aliphatic imine (C=N–C) groups is 1. The van der Waals surface area contributed by atoms with Gasteiger partial charge in [0.1, 0.15) is 5.75 Å². The number of benzene rings is 2. The van der Waals surface area contributed by atoms with Gasteiger partial charge in [0.05, 0.1) is 19.8 Å². The van der Waals surface area contributed by atoms with Crippen molar-refractivity contribution >= 4 is 11.6 Å². The van der Waals surface area contributed by atoms with Crippen molar-refractivity contribution in [1.29, 1.82) is 0 Å². The van der Waals surface area contributed by atoms with Crippen molar-refractivity contribution in [2.45, 2.75) is 12.8 Å². The van der Waals surface area contributed by atoms with Gasteiger partial charge in [0.15, 0.2) is 5.96 Å². The second-order valence-electron chi connectivity index (χ2n) is 6.84. The summed E-state index contributed by atoms with van der Waals surface area (Å²) >= 11 is 0. The van der Waals surface area contributed by atoms with E-state index in [1.807, 2.05) is 0 Å². The van der Waals surface area contributed by atoms with Crippen LogP contribution < -0.4 is 15.4 Å². The van der Waals surface area contributed by atoms with Crippen molar-refractivity contribution in [2.24, 2.45) is 10.9 Å². The first-order valence-corrected chi connectivity index (χ1v) is 9.29. The highest BCUT2D eigenvalue weighted by Crippen LogP contribution is 2.19. The Morgan fingerprint density at radius 2 is 1.85 bits per heavy atom. The number of nitrogens with one attached hydrogen (secondary N) is 2. The number of ether oxygens (including phenoxy) is 2. The van der Waals surface area contributed by atoms with E-state index < -0.39 is 0 Å². The Kier molecular flexibility index (Phi) is 5.36. The molecule has 0 aliphatic carbocycles. The molecular weight excluding hydrogens is 326 g/mol. The van der Waals surface area contributed by atoms with E-state index in [0.717, 1.165) is 63.1 Å². The van der Waals surface area contributed by atoms with Gasteiger partial charge < -0.3 is 20.1 Å². The summed E-state index contributed by atoms with van der Waals surface area (Å²) in [4.78, 5) is 4.35. The maximum Gasteiger partial charge on any atom is 0.195 e. The third-order valence-corrected chi connectivity index (χ3v) is 4.73. The van der Waals surface area contributed by atoms with Crippen molar-refractivity contribution in [3.63, 3.8) is 0 Å². The molecule has 0 amide bonds. The average molecular weight is 351 g/mol. The average Bonchev–Trinajstić information content (AvgIpc) is 3.37. The summed E-state index contributed by atoms with van der Waals surface area (Å²) in [5, 5.41) is 6.50. The van der Waals surface area contributed by atoms with E-state index in [9.17, 15) is 0 Å². The van der Waals surface area contributed by atoms with Gasteiger partial charge in [0, 0.05) is 24.8 Å². The summed E-state index contributed by atoms with van der Waals surface area (Å²) in [6.45, 7) is 4.19. The molecule has 2 aliphatic heterocycles. The molecule has 2 aromatic carbocycles. The van der Waals surface area contributed by atoms with Gasteiger partial charge in [-0.1, -0.05) is 24.3 Å². The fourth-order valence-corrected chi connectivity index (χ4v) is 3.19. The molecule has 1 saturated heterocycles. The molecule has 2 aliphatic rings. The van der Waals surface area contributed by atoms with E-state index in [1.54, 1.807) is 0 Å². The molecule has 0 aromatic heterocycles. The molecule has 2 N–H and O–H groups in total. The zero-order valence-corrected chi connectivity index (χ0v) is 14.9. The predicted octanol–water partition coefficient (Wildman–Crippen LogP) is 3.06. The van der Waals surface area contributed by atoms with Crippen LogP contribution in [0.3, 0.4) is 0 Å². The molecule has 0 saturated carbocycles. The second kappa shape index (κ2) is 8.23. The Morgan fingerprint density at radius 1 is 1.08 bits per heavy atom. The standard InChI is InChI=1S/C21H25N3O2/c1-5-19(24-21-22-10-11-23-21)6-2-16(1)13-17-3-7-20(8-4-17)26-15-18-9-12-25-14-18/h1-8,18H,9-15H2,(H2,22,23,24). The minimum absolute atomic E-state index is 0.534. The van der Waals surface area contributed by atoms with E-state index in [0.29, 0.717) is 5.92 Å². The molecule has 2 heterocycles. The monoisotopic (exact) mass is 351 g/mol. The highest BCUT2D eigenvalue weighted by molar-refractivity contribution is 5.94. The maximum atomic E-state index is 5.87. The van der Waals surface area contributed by atoms with Crippen LogP contribution in [0.5, 0.6) is 5.75 Å². The molecule has 1 unspecified atom stereocenters. The molecule has 1 fully saturated rings. The highest BCUT2D eigenvalue weighted by Gasteiger charge is 2.16. The van der Waals surface area contributed by atoms with Crippen LogP contribution in [0.2, 0.25) is 0 Å². The van der Waals surface area contributed by atoms with Crippen LogP contribution in [0.1, 0.15) is 17.5 Å². The molecule has 0 bridgehead atoms. The zero-order valence-electron chi connectivity index (χ0n) is 14.9. The van der Waals surface area contributed by atoms with E-state index in [4.69, 9.17) is 9.47 Å². The lowest BCUT2D eigenvalue weighted by molar-refractivity contribution is 0.167. The second-order valence-corrected chi connectivity index (χ2v) is 6.84.